The minimum atomic E-state index is -0.209. The molecule has 0 aromatic heterocycles. The third kappa shape index (κ3) is 2.89. The molecule has 2 aliphatic heterocycles. The van der Waals surface area contributed by atoms with E-state index in [4.69, 9.17) is 0 Å². The molecule has 1 aromatic carbocycles. The summed E-state index contributed by atoms with van der Waals surface area (Å²) >= 11 is 0. The number of amides is 1. The van der Waals surface area contributed by atoms with Gasteiger partial charge in [-0.25, -0.2) is 0 Å². The summed E-state index contributed by atoms with van der Waals surface area (Å²) in [7, 11) is 0. The van der Waals surface area contributed by atoms with Crippen molar-refractivity contribution in [1.29, 1.82) is 0 Å². The zero-order valence-corrected chi connectivity index (χ0v) is 14.5. The van der Waals surface area contributed by atoms with E-state index in [9.17, 15) is 4.79 Å². The quantitative estimate of drug-likeness (QED) is 0.901. The third-order valence-corrected chi connectivity index (χ3v) is 6.25. The van der Waals surface area contributed by atoms with Crippen LogP contribution in [0.25, 0.3) is 0 Å². The summed E-state index contributed by atoms with van der Waals surface area (Å²) in [6, 6.07) is 10.5. The Labute approximate surface area is 145 Å². The number of fused-ring (bicyclic) bond motifs is 1. The molecule has 4 rings (SSSR count). The van der Waals surface area contributed by atoms with E-state index in [1.165, 1.54) is 24.8 Å². The molecule has 3 nitrogen and oxygen atoms in total. The van der Waals surface area contributed by atoms with Crippen molar-refractivity contribution in [3.63, 3.8) is 0 Å². The minimum absolute atomic E-state index is 0. The van der Waals surface area contributed by atoms with Gasteiger partial charge >= 0.3 is 0 Å². The van der Waals surface area contributed by atoms with Crippen molar-refractivity contribution < 1.29 is 4.79 Å². The molecule has 4 heteroatoms. The molecule has 3 aliphatic rings. The van der Waals surface area contributed by atoms with Crippen molar-refractivity contribution in [2.45, 2.75) is 37.5 Å². The molecule has 126 valence electrons. The number of hydrogen-bond donors (Lipinski definition) is 1. The van der Waals surface area contributed by atoms with Crippen LogP contribution in [0, 0.1) is 11.8 Å². The molecule has 0 bridgehead atoms. The van der Waals surface area contributed by atoms with Crippen molar-refractivity contribution in [2.24, 2.45) is 11.8 Å². The fraction of sp³-hybridized carbons (Fsp3) is 0.632. The maximum Gasteiger partial charge on any atom is 0.233 e. The highest BCUT2D eigenvalue weighted by Crippen LogP contribution is 2.45. The summed E-state index contributed by atoms with van der Waals surface area (Å²) in [6.07, 6.45) is 5.59. The largest absolute Gasteiger partial charge is 0.342 e. The average molecular weight is 335 g/mol. The molecule has 1 N–H and O–H groups in total. The lowest BCUT2D eigenvalue weighted by Crippen LogP contribution is -2.51. The second kappa shape index (κ2) is 6.82. The van der Waals surface area contributed by atoms with Gasteiger partial charge in [-0.05, 0) is 56.2 Å². The second-order valence-electron chi connectivity index (χ2n) is 7.35. The van der Waals surface area contributed by atoms with E-state index >= 15 is 0 Å². The van der Waals surface area contributed by atoms with Crippen LogP contribution in [-0.2, 0) is 10.2 Å². The molecule has 3 fully saturated rings. The lowest BCUT2D eigenvalue weighted by molar-refractivity contribution is -0.141. The van der Waals surface area contributed by atoms with Gasteiger partial charge in [-0.3, -0.25) is 4.79 Å². The van der Waals surface area contributed by atoms with E-state index in [1.54, 1.807) is 0 Å². The molecule has 23 heavy (non-hydrogen) atoms. The number of carbonyl (C=O) groups is 1. The summed E-state index contributed by atoms with van der Waals surface area (Å²) in [4.78, 5) is 15.5. The Morgan fingerprint density at radius 3 is 2.17 bits per heavy atom. The number of halogens is 1. The van der Waals surface area contributed by atoms with Crippen LogP contribution in [0.5, 0.6) is 0 Å². The molecular weight excluding hydrogens is 308 g/mol. The third-order valence-electron chi connectivity index (χ3n) is 6.25. The van der Waals surface area contributed by atoms with Gasteiger partial charge in [0.1, 0.15) is 0 Å². The van der Waals surface area contributed by atoms with Crippen molar-refractivity contribution in [2.75, 3.05) is 26.2 Å². The van der Waals surface area contributed by atoms with E-state index in [1.807, 2.05) is 6.07 Å². The molecule has 1 aromatic rings. The van der Waals surface area contributed by atoms with Gasteiger partial charge in [0.05, 0.1) is 5.41 Å². The molecule has 0 spiro atoms. The summed E-state index contributed by atoms with van der Waals surface area (Å²) in [5.41, 5.74) is 1.02. The number of rotatable bonds is 2. The zero-order valence-electron chi connectivity index (χ0n) is 13.7. The van der Waals surface area contributed by atoms with Crippen LogP contribution in [0.1, 0.15) is 37.7 Å². The molecule has 0 radical (unpaired) electrons. The van der Waals surface area contributed by atoms with Crippen LogP contribution in [0.2, 0.25) is 0 Å². The lowest BCUT2D eigenvalue weighted by atomic mass is 9.63. The van der Waals surface area contributed by atoms with Crippen LogP contribution in [0.3, 0.4) is 0 Å². The summed E-state index contributed by atoms with van der Waals surface area (Å²) < 4.78 is 0. The maximum absolute atomic E-state index is 13.3. The highest BCUT2D eigenvalue weighted by molar-refractivity contribution is 5.89. The fourth-order valence-electron chi connectivity index (χ4n) is 4.64. The van der Waals surface area contributed by atoms with Crippen molar-refractivity contribution in [3.8, 4) is 0 Å². The Kier molecular flexibility index (Phi) is 4.98. The molecule has 1 saturated carbocycles. The highest BCUT2D eigenvalue weighted by Gasteiger charge is 2.48. The van der Waals surface area contributed by atoms with E-state index in [0.29, 0.717) is 5.91 Å². The predicted octanol–water partition coefficient (Wildman–Crippen LogP) is 2.99. The van der Waals surface area contributed by atoms with Gasteiger partial charge in [0.25, 0.3) is 0 Å². The van der Waals surface area contributed by atoms with E-state index in [-0.39, 0.29) is 17.8 Å². The number of hydrogen-bond acceptors (Lipinski definition) is 2. The van der Waals surface area contributed by atoms with Crippen molar-refractivity contribution in [3.05, 3.63) is 35.9 Å². The maximum atomic E-state index is 13.3. The van der Waals surface area contributed by atoms with Crippen LogP contribution >= 0.6 is 12.4 Å². The summed E-state index contributed by atoms with van der Waals surface area (Å²) in [6.45, 7) is 4.21. The highest BCUT2D eigenvalue weighted by atomic mass is 35.5. The standard InChI is InChI=1S/C19H26N2O.ClH/c22-18(19(9-4-10-19)17-5-2-1-3-6-17)21-11-7-15-13-20-14-16(15)8-12-21;/h1-3,5-6,15-16,20H,4,7-14H2;1H/t15-,16+;. The van der Waals surface area contributed by atoms with E-state index in [0.717, 1.165) is 50.9 Å². The number of nitrogens with one attached hydrogen (secondary N) is 1. The molecule has 1 amide bonds. The van der Waals surface area contributed by atoms with Crippen molar-refractivity contribution >= 4 is 18.3 Å². The van der Waals surface area contributed by atoms with Gasteiger partial charge in [-0.1, -0.05) is 36.8 Å². The van der Waals surface area contributed by atoms with Crippen LogP contribution < -0.4 is 5.32 Å². The molecule has 2 atom stereocenters. The molecule has 1 aliphatic carbocycles. The first-order valence-electron chi connectivity index (χ1n) is 8.85. The normalized spacial score (nSPS) is 29.0. The molecule has 2 heterocycles. The molecule has 2 saturated heterocycles. The van der Waals surface area contributed by atoms with Gasteiger partial charge in [0.2, 0.25) is 5.91 Å². The fourth-order valence-corrected chi connectivity index (χ4v) is 4.64. The minimum Gasteiger partial charge on any atom is -0.342 e. The Hall–Kier alpha value is -1.06. The van der Waals surface area contributed by atoms with Crippen LogP contribution in [-0.4, -0.2) is 37.0 Å². The van der Waals surface area contributed by atoms with E-state index in [2.05, 4.69) is 34.5 Å². The van der Waals surface area contributed by atoms with Gasteiger partial charge in [0.15, 0.2) is 0 Å². The number of nitrogens with zero attached hydrogens (tertiary/aromatic N) is 1. The Morgan fingerprint density at radius 2 is 1.65 bits per heavy atom. The van der Waals surface area contributed by atoms with Gasteiger partial charge in [0, 0.05) is 13.1 Å². The average Bonchev–Trinajstić information content (AvgIpc) is 2.86. The monoisotopic (exact) mass is 334 g/mol. The smallest absolute Gasteiger partial charge is 0.233 e. The first-order valence-corrected chi connectivity index (χ1v) is 8.85. The first kappa shape index (κ1) is 16.8. The molecule has 0 unspecified atom stereocenters. The summed E-state index contributed by atoms with van der Waals surface area (Å²) in [5.74, 6) is 1.97. The topological polar surface area (TPSA) is 32.3 Å². The predicted molar refractivity (Wildman–Crippen MR) is 94.9 cm³/mol. The second-order valence-corrected chi connectivity index (χ2v) is 7.35. The first-order chi connectivity index (χ1) is 10.8. The number of carbonyl (C=O) groups excluding carboxylic acids is 1. The van der Waals surface area contributed by atoms with Crippen LogP contribution in [0.15, 0.2) is 30.3 Å². The zero-order chi connectivity index (χ0) is 15.0. The SMILES string of the molecule is Cl.O=C(N1CC[C@@H]2CNC[C@@H]2CC1)C1(c2ccccc2)CCC1. The summed E-state index contributed by atoms with van der Waals surface area (Å²) in [5, 5.41) is 3.51. The Balaban J connectivity index is 0.00000156. The number of likely N-dealkylation sites (tertiary alicyclic amines) is 1. The van der Waals surface area contributed by atoms with Crippen LogP contribution in [0.4, 0.5) is 0 Å². The lowest BCUT2D eigenvalue weighted by Gasteiger charge is -2.44. The molecular formula is C19H27ClN2O. The Morgan fingerprint density at radius 1 is 1.04 bits per heavy atom. The number of benzene rings is 1. The van der Waals surface area contributed by atoms with E-state index < -0.39 is 0 Å². The Bertz CT molecular complexity index is 530. The van der Waals surface area contributed by atoms with Crippen molar-refractivity contribution in [1.82, 2.24) is 10.2 Å². The van der Waals surface area contributed by atoms with Gasteiger partial charge < -0.3 is 10.2 Å². The van der Waals surface area contributed by atoms with Gasteiger partial charge in [-0.15, -0.1) is 12.4 Å². The van der Waals surface area contributed by atoms with Gasteiger partial charge in [-0.2, -0.15) is 0 Å².